The molecule has 0 amide bonds. The Morgan fingerprint density at radius 2 is 1.62 bits per heavy atom. The third-order valence-corrected chi connectivity index (χ3v) is 3.90. The lowest BCUT2D eigenvalue weighted by Crippen LogP contribution is -2.16. The number of ether oxygens (including phenoxy) is 2. The Balaban J connectivity index is 2.00. The van der Waals surface area contributed by atoms with Crippen LogP contribution < -0.4 is 9.47 Å². The van der Waals surface area contributed by atoms with E-state index >= 15 is 0 Å². The molecule has 3 nitrogen and oxygen atoms in total. The molecule has 0 unspecified atom stereocenters. The topological polar surface area (TPSA) is 35.5 Å². The minimum absolute atomic E-state index is 0.0193. The fourth-order valence-corrected chi connectivity index (χ4v) is 2.52. The smallest absolute Gasteiger partial charge is 0.153 e. The van der Waals surface area contributed by atoms with Crippen molar-refractivity contribution in [1.82, 2.24) is 0 Å². The molecule has 3 heteroatoms. The van der Waals surface area contributed by atoms with E-state index in [0.717, 1.165) is 18.5 Å². The minimum atomic E-state index is 0.0193. The normalized spacial score (nSPS) is 11.2. The van der Waals surface area contributed by atoms with Crippen molar-refractivity contribution >= 4 is 6.29 Å². The second-order valence-corrected chi connectivity index (χ2v) is 6.79. The highest BCUT2D eigenvalue weighted by atomic mass is 16.5. The van der Waals surface area contributed by atoms with Crippen LogP contribution in [0.3, 0.4) is 0 Å². The molecule has 0 fully saturated rings. The Morgan fingerprint density at radius 1 is 0.958 bits per heavy atom. The summed E-state index contributed by atoms with van der Waals surface area (Å²) < 4.78 is 11.6. The fraction of sp³-hybridized carbons (Fsp3) is 0.381. The quantitative estimate of drug-likeness (QED) is 0.541. The molecule has 0 atom stereocenters. The zero-order valence-electron chi connectivity index (χ0n) is 15.0. The molecule has 0 heterocycles. The summed E-state index contributed by atoms with van der Waals surface area (Å²) >= 11 is 0. The van der Waals surface area contributed by atoms with E-state index in [2.05, 4.69) is 39.8 Å². The van der Waals surface area contributed by atoms with Crippen molar-refractivity contribution in [3.05, 3.63) is 59.2 Å². The minimum Gasteiger partial charge on any atom is -0.490 e. The molecule has 24 heavy (non-hydrogen) atoms. The predicted molar refractivity (Wildman–Crippen MR) is 97.3 cm³/mol. The van der Waals surface area contributed by atoms with E-state index in [1.54, 1.807) is 12.1 Å². The molecule has 0 bridgehead atoms. The number of aryl methyl sites for hydroxylation is 1. The van der Waals surface area contributed by atoms with Gasteiger partial charge in [0.25, 0.3) is 0 Å². The Bertz CT molecular complexity index is 684. The van der Waals surface area contributed by atoms with Gasteiger partial charge in [0.15, 0.2) is 6.29 Å². The second-order valence-electron chi connectivity index (χ2n) is 6.79. The van der Waals surface area contributed by atoms with Crippen LogP contribution in [0.4, 0.5) is 0 Å². The van der Waals surface area contributed by atoms with Gasteiger partial charge >= 0.3 is 0 Å². The maximum absolute atomic E-state index is 11.0. The van der Waals surface area contributed by atoms with Crippen LogP contribution in [0, 0.1) is 0 Å². The van der Waals surface area contributed by atoms with Crippen LogP contribution in [0.25, 0.3) is 0 Å². The number of carbonyl (C=O) groups excluding carboxylic acids is 1. The first-order valence-electron chi connectivity index (χ1n) is 8.39. The van der Waals surface area contributed by atoms with E-state index in [-0.39, 0.29) is 5.41 Å². The summed E-state index contributed by atoms with van der Waals surface area (Å²) in [6, 6.07) is 13.6. The third-order valence-electron chi connectivity index (χ3n) is 3.90. The van der Waals surface area contributed by atoms with Gasteiger partial charge in [-0.15, -0.1) is 0 Å². The number of hydrogen-bond acceptors (Lipinski definition) is 3. The first-order valence-corrected chi connectivity index (χ1v) is 8.39. The second kappa shape index (κ2) is 8.00. The molecule has 128 valence electrons. The third kappa shape index (κ3) is 4.60. The zero-order chi connectivity index (χ0) is 17.6. The van der Waals surface area contributed by atoms with Gasteiger partial charge in [-0.2, -0.15) is 0 Å². The molecule has 0 saturated heterocycles. The molecule has 0 aliphatic rings. The lowest BCUT2D eigenvalue weighted by Gasteiger charge is -2.23. The number of rotatable bonds is 7. The van der Waals surface area contributed by atoms with Crippen LogP contribution >= 0.6 is 0 Å². The molecule has 2 rings (SSSR count). The zero-order valence-corrected chi connectivity index (χ0v) is 15.0. The average Bonchev–Trinajstić information content (AvgIpc) is 2.58. The highest BCUT2D eigenvalue weighted by Gasteiger charge is 2.19. The molecule has 0 aliphatic heterocycles. The van der Waals surface area contributed by atoms with E-state index in [1.165, 1.54) is 11.1 Å². The number of para-hydroxylation sites is 1. The van der Waals surface area contributed by atoms with E-state index in [1.807, 2.05) is 18.2 Å². The molecule has 0 spiro atoms. The summed E-state index contributed by atoms with van der Waals surface area (Å²) in [5.74, 6) is 1.49. The molecular formula is C21H26O3. The molecule has 0 N–H and O–H groups in total. The van der Waals surface area contributed by atoms with Crippen LogP contribution in [-0.2, 0) is 11.8 Å². The maximum Gasteiger partial charge on any atom is 0.153 e. The first-order chi connectivity index (χ1) is 11.5. The Kier molecular flexibility index (Phi) is 6.02. The van der Waals surface area contributed by atoms with Gasteiger partial charge in [0.05, 0.1) is 5.56 Å². The monoisotopic (exact) mass is 326 g/mol. The van der Waals surface area contributed by atoms with Crippen molar-refractivity contribution in [2.24, 2.45) is 0 Å². The van der Waals surface area contributed by atoms with Gasteiger partial charge in [-0.1, -0.05) is 52.0 Å². The molecule has 2 aromatic rings. The van der Waals surface area contributed by atoms with E-state index < -0.39 is 0 Å². The van der Waals surface area contributed by atoms with Gasteiger partial charge < -0.3 is 9.47 Å². The fourth-order valence-electron chi connectivity index (χ4n) is 2.52. The Hall–Kier alpha value is -2.29. The molecule has 0 radical (unpaired) electrons. The summed E-state index contributed by atoms with van der Waals surface area (Å²) in [6.07, 6.45) is 1.81. The van der Waals surface area contributed by atoms with Crippen molar-refractivity contribution in [2.75, 3.05) is 13.2 Å². The summed E-state index contributed by atoms with van der Waals surface area (Å²) in [5, 5.41) is 0. The molecule has 0 saturated carbocycles. The van der Waals surface area contributed by atoms with Crippen molar-refractivity contribution in [1.29, 1.82) is 0 Å². The molecular weight excluding hydrogens is 300 g/mol. The Morgan fingerprint density at radius 3 is 2.25 bits per heavy atom. The average molecular weight is 326 g/mol. The van der Waals surface area contributed by atoms with Gasteiger partial charge in [-0.3, -0.25) is 4.79 Å². The van der Waals surface area contributed by atoms with Crippen LogP contribution in [0.15, 0.2) is 42.5 Å². The molecule has 0 aromatic heterocycles. The van der Waals surface area contributed by atoms with Crippen LogP contribution in [0.5, 0.6) is 11.5 Å². The number of benzene rings is 2. The van der Waals surface area contributed by atoms with Crippen LogP contribution in [-0.4, -0.2) is 19.5 Å². The van der Waals surface area contributed by atoms with Crippen molar-refractivity contribution in [3.63, 3.8) is 0 Å². The molecule has 0 aliphatic carbocycles. The summed E-state index contributed by atoms with van der Waals surface area (Å²) in [6.45, 7) is 9.54. The van der Waals surface area contributed by atoms with Crippen LogP contribution in [0.2, 0.25) is 0 Å². The number of carbonyl (C=O) groups is 1. The summed E-state index contributed by atoms with van der Waals surface area (Å²) in [7, 11) is 0. The van der Waals surface area contributed by atoms with Crippen molar-refractivity contribution in [2.45, 2.75) is 39.5 Å². The molecule has 2 aromatic carbocycles. The number of hydrogen-bond donors (Lipinski definition) is 0. The number of aldehydes is 1. The maximum atomic E-state index is 11.0. The van der Waals surface area contributed by atoms with Crippen LogP contribution in [0.1, 0.15) is 49.2 Å². The standard InChI is InChI=1S/C21H26O3/c1-5-16-10-11-20(18(14-16)21(2,3)4)24-13-12-23-19-9-7-6-8-17(19)15-22/h6-11,14-15H,5,12-13H2,1-4H3. The van der Waals surface area contributed by atoms with Crippen molar-refractivity contribution < 1.29 is 14.3 Å². The van der Waals surface area contributed by atoms with Gasteiger partial charge in [0.1, 0.15) is 24.7 Å². The lowest BCUT2D eigenvalue weighted by atomic mass is 9.85. The largest absolute Gasteiger partial charge is 0.490 e. The highest BCUT2D eigenvalue weighted by Crippen LogP contribution is 2.32. The Labute approximate surface area is 144 Å². The highest BCUT2D eigenvalue weighted by molar-refractivity contribution is 5.79. The summed E-state index contributed by atoms with van der Waals surface area (Å²) in [4.78, 5) is 11.0. The predicted octanol–water partition coefficient (Wildman–Crippen LogP) is 4.82. The lowest BCUT2D eigenvalue weighted by molar-refractivity contribution is 0.111. The van der Waals surface area contributed by atoms with Crippen molar-refractivity contribution in [3.8, 4) is 11.5 Å². The SMILES string of the molecule is CCc1ccc(OCCOc2ccccc2C=O)c(C(C)(C)C)c1. The summed E-state index contributed by atoms with van der Waals surface area (Å²) in [5.41, 5.74) is 3.09. The van der Waals surface area contributed by atoms with Gasteiger partial charge in [0, 0.05) is 0 Å². The van der Waals surface area contributed by atoms with Gasteiger partial charge in [-0.05, 0) is 41.2 Å². The van der Waals surface area contributed by atoms with E-state index in [0.29, 0.717) is 24.5 Å². The van der Waals surface area contributed by atoms with Gasteiger partial charge in [-0.25, -0.2) is 0 Å². The van der Waals surface area contributed by atoms with Gasteiger partial charge in [0.2, 0.25) is 0 Å². The van der Waals surface area contributed by atoms with E-state index in [4.69, 9.17) is 9.47 Å². The first kappa shape index (κ1) is 18.1. The van der Waals surface area contributed by atoms with E-state index in [9.17, 15) is 4.79 Å².